The van der Waals surface area contributed by atoms with Crippen molar-refractivity contribution >= 4 is 30.6 Å². The molecule has 2 aromatic rings. The van der Waals surface area contributed by atoms with Gasteiger partial charge >= 0.3 is 0 Å². The summed E-state index contributed by atoms with van der Waals surface area (Å²) in [5.74, 6) is 0. The van der Waals surface area contributed by atoms with Crippen molar-refractivity contribution < 1.29 is 8.42 Å². The summed E-state index contributed by atoms with van der Waals surface area (Å²) in [6.07, 6.45) is 0. The van der Waals surface area contributed by atoms with Crippen LogP contribution in [0.1, 0.15) is 0 Å². The molecular formula is C8H7ClN2O3S. The van der Waals surface area contributed by atoms with Gasteiger partial charge in [-0.15, -0.1) is 0 Å². The Morgan fingerprint density at radius 2 is 2.07 bits per heavy atom. The van der Waals surface area contributed by atoms with Gasteiger partial charge in [-0.25, -0.2) is 8.42 Å². The van der Waals surface area contributed by atoms with E-state index in [1.54, 1.807) is 6.07 Å². The van der Waals surface area contributed by atoms with Crippen molar-refractivity contribution in [3.63, 3.8) is 0 Å². The molecule has 0 aliphatic rings. The van der Waals surface area contributed by atoms with Crippen LogP contribution >= 0.6 is 10.7 Å². The second-order valence-corrected chi connectivity index (χ2v) is 5.63. The number of H-pyrrole nitrogens is 1. The van der Waals surface area contributed by atoms with Gasteiger partial charge < -0.3 is 0 Å². The highest BCUT2D eigenvalue weighted by Crippen LogP contribution is 2.21. The number of halogens is 1. The van der Waals surface area contributed by atoms with Crippen molar-refractivity contribution in [1.82, 2.24) is 9.78 Å². The van der Waals surface area contributed by atoms with E-state index in [2.05, 4.69) is 5.10 Å². The number of aryl methyl sites for hydroxylation is 1. The van der Waals surface area contributed by atoms with Gasteiger partial charge in [-0.2, -0.15) is 0 Å². The Morgan fingerprint density at radius 3 is 2.67 bits per heavy atom. The van der Waals surface area contributed by atoms with Gasteiger partial charge in [-0.05, 0) is 12.1 Å². The van der Waals surface area contributed by atoms with Crippen molar-refractivity contribution in [3.8, 4) is 0 Å². The molecule has 0 saturated heterocycles. The number of nitrogens with zero attached hydrogens (tertiary/aromatic N) is 1. The third-order valence-corrected chi connectivity index (χ3v) is 3.46. The normalized spacial score (nSPS) is 12.1. The van der Waals surface area contributed by atoms with E-state index in [4.69, 9.17) is 10.7 Å². The summed E-state index contributed by atoms with van der Waals surface area (Å²) in [6.45, 7) is 0. The fourth-order valence-electron chi connectivity index (χ4n) is 1.45. The first-order valence-corrected chi connectivity index (χ1v) is 6.34. The molecule has 0 aliphatic carbocycles. The number of hydrogen-bond donors (Lipinski definition) is 1. The van der Waals surface area contributed by atoms with Crippen molar-refractivity contribution in [2.45, 2.75) is 4.90 Å². The van der Waals surface area contributed by atoms with Crippen molar-refractivity contribution in [2.75, 3.05) is 0 Å². The van der Waals surface area contributed by atoms with Crippen LogP contribution in [-0.4, -0.2) is 18.2 Å². The molecule has 1 aromatic carbocycles. The Labute approximate surface area is 89.7 Å². The first-order chi connectivity index (χ1) is 6.91. The van der Waals surface area contributed by atoms with E-state index >= 15 is 0 Å². The molecule has 2 rings (SSSR count). The van der Waals surface area contributed by atoms with E-state index in [1.165, 1.54) is 23.9 Å². The molecule has 0 saturated carbocycles. The average molecular weight is 247 g/mol. The Hall–Kier alpha value is -1.27. The van der Waals surface area contributed by atoms with Crippen LogP contribution in [0.15, 0.2) is 27.9 Å². The maximum Gasteiger partial charge on any atom is 0.275 e. The number of aromatic amines is 1. The van der Waals surface area contributed by atoms with Crippen LogP contribution in [-0.2, 0) is 16.1 Å². The van der Waals surface area contributed by atoms with Crippen LogP contribution in [0.4, 0.5) is 0 Å². The molecule has 0 spiro atoms. The van der Waals surface area contributed by atoms with Crippen LogP contribution in [0.3, 0.4) is 0 Å². The Kier molecular flexibility index (Phi) is 2.13. The molecule has 0 aliphatic heterocycles. The molecule has 0 atom stereocenters. The summed E-state index contributed by atoms with van der Waals surface area (Å²) in [5.41, 5.74) is 0.0362. The van der Waals surface area contributed by atoms with Gasteiger partial charge in [-0.3, -0.25) is 14.6 Å². The summed E-state index contributed by atoms with van der Waals surface area (Å²) < 4.78 is 23.6. The topological polar surface area (TPSA) is 71.9 Å². The zero-order chi connectivity index (χ0) is 11.2. The molecule has 7 heteroatoms. The lowest BCUT2D eigenvalue weighted by Gasteiger charge is -1.95. The van der Waals surface area contributed by atoms with E-state index in [-0.39, 0.29) is 10.3 Å². The van der Waals surface area contributed by atoms with Gasteiger partial charge in [0.2, 0.25) is 0 Å². The second kappa shape index (κ2) is 3.11. The van der Waals surface area contributed by atoms with Gasteiger partial charge in [0.25, 0.3) is 14.6 Å². The van der Waals surface area contributed by atoms with Gasteiger partial charge in [0.15, 0.2) is 0 Å². The number of benzene rings is 1. The fourth-order valence-corrected chi connectivity index (χ4v) is 2.52. The van der Waals surface area contributed by atoms with E-state index in [0.29, 0.717) is 5.52 Å². The second-order valence-electron chi connectivity index (χ2n) is 3.09. The number of aromatic nitrogens is 2. The third kappa shape index (κ3) is 1.55. The van der Waals surface area contributed by atoms with Crippen molar-refractivity contribution in [3.05, 3.63) is 28.6 Å². The number of rotatable bonds is 1. The van der Waals surface area contributed by atoms with E-state index in [9.17, 15) is 13.2 Å². The molecule has 0 radical (unpaired) electrons. The summed E-state index contributed by atoms with van der Waals surface area (Å²) in [7, 11) is 2.84. The monoisotopic (exact) mass is 246 g/mol. The fraction of sp³-hybridized carbons (Fsp3) is 0.125. The predicted molar refractivity (Wildman–Crippen MR) is 56.6 cm³/mol. The highest BCUT2D eigenvalue weighted by Gasteiger charge is 2.18. The van der Waals surface area contributed by atoms with Gasteiger partial charge in [-0.1, -0.05) is 6.07 Å². The minimum Gasteiger partial charge on any atom is -0.295 e. The van der Waals surface area contributed by atoms with Crippen LogP contribution in [0.5, 0.6) is 0 Å². The van der Waals surface area contributed by atoms with Crippen LogP contribution < -0.4 is 5.56 Å². The van der Waals surface area contributed by atoms with E-state index in [0.717, 1.165) is 0 Å². The average Bonchev–Trinajstić information content (AvgIpc) is 2.41. The first-order valence-electron chi connectivity index (χ1n) is 4.03. The molecule has 0 bridgehead atoms. The summed E-state index contributed by atoms with van der Waals surface area (Å²) in [4.78, 5) is 11.4. The summed E-state index contributed by atoms with van der Waals surface area (Å²) in [6, 6.07) is 4.44. The standard InChI is InChI=1S/C8H7ClN2O3S/c1-11-8(12)7-5(10-11)3-2-4-6(7)15(9,13)14/h2-4,10H,1H3. The Bertz CT molecular complexity index is 683. The maximum atomic E-state index is 11.6. The maximum absolute atomic E-state index is 11.6. The third-order valence-electron chi connectivity index (χ3n) is 2.10. The molecule has 1 aromatic heterocycles. The lowest BCUT2D eigenvalue weighted by atomic mass is 10.2. The van der Waals surface area contributed by atoms with Gasteiger partial charge in [0.05, 0.1) is 15.8 Å². The largest absolute Gasteiger partial charge is 0.295 e. The molecule has 5 nitrogen and oxygen atoms in total. The highest BCUT2D eigenvalue weighted by atomic mass is 35.7. The summed E-state index contributed by atoms with van der Waals surface area (Å²) >= 11 is 0. The number of fused-ring (bicyclic) bond motifs is 1. The first kappa shape index (κ1) is 10.3. The molecule has 0 unspecified atom stereocenters. The minimum absolute atomic E-state index is 0.0926. The minimum atomic E-state index is -3.90. The molecule has 15 heavy (non-hydrogen) atoms. The van der Waals surface area contributed by atoms with Crippen LogP contribution in [0.25, 0.3) is 10.9 Å². The molecule has 1 heterocycles. The molecular weight excluding hydrogens is 240 g/mol. The molecule has 1 N–H and O–H groups in total. The summed E-state index contributed by atoms with van der Waals surface area (Å²) in [5, 5.41) is 2.81. The van der Waals surface area contributed by atoms with Crippen LogP contribution in [0, 0.1) is 0 Å². The lowest BCUT2D eigenvalue weighted by Crippen LogP contribution is -2.12. The number of nitrogens with one attached hydrogen (secondary N) is 1. The van der Waals surface area contributed by atoms with Crippen molar-refractivity contribution in [2.24, 2.45) is 7.05 Å². The Morgan fingerprint density at radius 1 is 1.40 bits per heavy atom. The van der Waals surface area contributed by atoms with E-state index < -0.39 is 14.6 Å². The zero-order valence-electron chi connectivity index (χ0n) is 7.69. The van der Waals surface area contributed by atoms with Gasteiger partial charge in [0, 0.05) is 17.7 Å². The predicted octanol–water partition coefficient (Wildman–Crippen LogP) is 0.794. The Balaban J connectivity index is 3.06. The zero-order valence-corrected chi connectivity index (χ0v) is 9.26. The smallest absolute Gasteiger partial charge is 0.275 e. The quantitative estimate of drug-likeness (QED) is 0.757. The molecule has 0 amide bonds. The SMILES string of the molecule is Cn1[nH]c2cccc(S(=O)(=O)Cl)c2c1=O. The van der Waals surface area contributed by atoms with Crippen molar-refractivity contribution in [1.29, 1.82) is 0 Å². The highest BCUT2D eigenvalue weighted by molar-refractivity contribution is 8.14. The van der Waals surface area contributed by atoms with Gasteiger partial charge in [0.1, 0.15) is 0 Å². The molecule has 80 valence electrons. The molecule has 0 fully saturated rings. The van der Waals surface area contributed by atoms with Crippen LogP contribution in [0.2, 0.25) is 0 Å². The van der Waals surface area contributed by atoms with E-state index in [1.807, 2.05) is 0 Å². The number of hydrogen-bond acceptors (Lipinski definition) is 3. The lowest BCUT2D eigenvalue weighted by molar-refractivity contribution is 0.610.